The molecule has 16 heavy (non-hydrogen) atoms. The van der Waals surface area contributed by atoms with Gasteiger partial charge in [0.05, 0.1) is 19.4 Å². The van der Waals surface area contributed by atoms with Crippen LogP contribution in [0.3, 0.4) is 0 Å². The fraction of sp³-hybridized carbons (Fsp3) is 0.455. The molecular formula is C11H14BrNO3. The molecule has 4 nitrogen and oxygen atoms in total. The van der Waals surface area contributed by atoms with Crippen molar-refractivity contribution in [3.05, 3.63) is 21.3 Å². The van der Waals surface area contributed by atoms with E-state index in [-0.39, 0.29) is 0 Å². The molecule has 5 heteroatoms. The third-order valence-electron chi connectivity index (χ3n) is 2.18. The highest BCUT2D eigenvalue weighted by Gasteiger charge is 2.21. The van der Waals surface area contributed by atoms with Gasteiger partial charge in [0.25, 0.3) is 0 Å². The molecule has 0 atom stereocenters. The molecule has 0 aliphatic heterocycles. The molecule has 1 rings (SSSR count). The van der Waals surface area contributed by atoms with E-state index in [9.17, 15) is 4.79 Å². The minimum atomic E-state index is -0.412. The average molecular weight is 288 g/mol. The fourth-order valence-corrected chi connectivity index (χ4v) is 1.68. The normalized spacial score (nSPS) is 10.1. The summed E-state index contributed by atoms with van der Waals surface area (Å²) >= 11 is 3.39. The first-order chi connectivity index (χ1) is 7.52. The molecule has 0 aromatic carbocycles. The maximum atomic E-state index is 11.7. The maximum absolute atomic E-state index is 11.7. The summed E-state index contributed by atoms with van der Waals surface area (Å²) in [5.41, 5.74) is 1.94. The molecule has 0 unspecified atom stereocenters. The molecule has 0 amide bonds. The van der Waals surface area contributed by atoms with Gasteiger partial charge in [-0.15, -0.1) is 0 Å². The van der Waals surface area contributed by atoms with Gasteiger partial charge in [0, 0.05) is 4.47 Å². The van der Waals surface area contributed by atoms with Gasteiger partial charge in [-0.2, -0.15) is 0 Å². The monoisotopic (exact) mass is 287 g/mol. The summed E-state index contributed by atoms with van der Waals surface area (Å²) < 4.78 is 10.9. The van der Waals surface area contributed by atoms with Crippen molar-refractivity contribution in [3.63, 3.8) is 0 Å². The van der Waals surface area contributed by atoms with Gasteiger partial charge in [-0.25, -0.2) is 9.78 Å². The van der Waals surface area contributed by atoms with Crippen LogP contribution in [-0.2, 0) is 4.74 Å². The molecular weight excluding hydrogens is 274 g/mol. The van der Waals surface area contributed by atoms with Crippen LogP contribution in [0.1, 0.15) is 28.5 Å². The molecule has 1 heterocycles. The molecule has 1 aromatic rings. The summed E-state index contributed by atoms with van der Waals surface area (Å²) in [6, 6.07) is 0. The van der Waals surface area contributed by atoms with E-state index in [0.29, 0.717) is 18.1 Å². The molecule has 0 saturated carbocycles. The quantitative estimate of drug-likeness (QED) is 0.802. The summed E-state index contributed by atoms with van der Waals surface area (Å²) in [7, 11) is 1.48. The first-order valence-electron chi connectivity index (χ1n) is 4.90. The molecule has 0 bridgehead atoms. The van der Waals surface area contributed by atoms with Crippen LogP contribution in [0.5, 0.6) is 5.88 Å². The number of ether oxygens (including phenoxy) is 2. The van der Waals surface area contributed by atoms with Crippen LogP contribution >= 0.6 is 15.9 Å². The van der Waals surface area contributed by atoms with Crippen LogP contribution < -0.4 is 4.74 Å². The van der Waals surface area contributed by atoms with Crippen molar-refractivity contribution in [2.24, 2.45) is 0 Å². The number of aryl methyl sites for hydroxylation is 1. The van der Waals surface area contributed by atoms with Crippen LogP contribution in [0, 0.1) is 13.8 Å². The zero-order valence-corrected chi connectivity index (χ0v) is 11.3. The molecule has 0 saturated heterocycles. The third-order valence-corrected chi connectivity index (χ3v) is 3.35. The number of rotatable bonds is 3. The molecule has 0 fully saturated rings. The Kier molecular flexibility index (Phi) is 4.29. The highest BCUT2D eigenvalue weighted by Crippen LogP contribution is 2.29. The van der Waals surface area contributed by atoms with E-state index in [1.807, 2.05) is 13.8 Å². The number of hydrogen-bond donors (Lipinski definition) is 0. The number of halogens is 1. The molecule has 0 aliphatic rings. The van der Waals surface area contributed by atoms with E-state index >= 15 is 0 Å². The van der Waals surface area contributed by atoms with Crippen molar-refractivity contribution in [1.29, 1.82) is 0 Å². The van der Waals surface area contributed by atoms with E-state index in [1.54, 1.807) is 6.92 Å². The van der Waals surface area contributed by atoms with E-state index in [1.165, 1.54) is 7.11 Å². The smallest absolute Gasteiger partial charge is 0.343 e. The summed E-state index contributed by atoms with van der Waals surface area (Å²) in [6.45, 7) is 5.76. The lowest BCUT2D eigenvalue weighted by Gasteiger charge is -2.12. The van der Waals surface area contributed by atoms with Gasteiger partial charge in [0.1, 0.15) is 5.56 Å². The van der Waals surface area contributed by atoms with Crippen LogP contribution in [0.2, 0.25) is 0 Å². The van der Waals surface area contributed by atoms with Gasteiger partial charge in [-0.05, 0) is 42.3 Å². The van der Waals surface area contributed by atoms with Gasteiger partial charge in [0.15, 0.2) is 0 Å². The number of esters is 1. The highest BCUT2D eigenvalue weighted by atomic mass is 79.9. The lowest BCUT2D eigenvalue weighted by atomic mass is 10.1. The molecule has 0 aliphatic carbocycles. The van der Waals surface area contributed by atoms with Crippen molar-refractivity contribution in [2.45, 2.75) is 20.8 Å². The van der Waals surface area contributed by atoms with E-state index in [0.717, 1.165) is 15.7 Å². The summed E-state index contributed by atoms with van der Waals surface area (Å²) in [5.74, 6) is -0.110. The molecule has 0 N–H and O–H groups in total. The Balaban J connectivity index is 3.35. The largest absolute Gasteiger partial charge is 0.480 e. The number of aromatic nitrogens is 1. The lowest BCUT2D eigenvalue weighted by molar-refractivity contribution is 0.0520. The Hall–Kier alpha value is -1.10. The van der Waals surface area contributed by atoms with E-state index in [4.69, 9.17) is 9.47 Å². The first-order valence-corrected chi connectivity index (χ1v) is 5.70. The van der Waals surface area contributed by atoms with Gasteiger partial charge >= 0.3 is 5.97 Å². The van der Waals surface area contributed by atoms with Crippen molar-refractivity contribution < 1.29 is 14.3 Å². The summed E-state index contributed by atoms with van der Waals surface area (Å²) in [5, 5.41) is 0. The van der Waals surface area contributed by atoms with Gasteiger partial charge in [-0.1, -0.05) is 0 Å². The number of carbonyl (C=O) groups excluding carboxylic acids is 1. The predicted molar refractivity (Wildman–Crippen MR) is 63.9 cm³/mol. The van der Waals surface area contributed by atoms with Gasteiger partial charge in [-0.3, -0.25) is 0 Å². The van der Waals surface area contributed by atoms with Crippen LogP contribution in [0.15, 0.2) is 4.47 Å². The van der Waals surface area contributed by atoms with Gasteiger partial charge in [0.2, 0.25) is 5.88 Å². The molecule has 0 spiro atoms. The molecule has 0 radical (unpaired) electrons. The lowest BCUT2D eigenvalue weighted by Crippen LogP contribution is -2.11. The Labute approximate surface area is 103 Å². The van der Waals surface area contributed by atoms with E-state index in [2.05, 4.69) is 20.9 Å². The molecule has 88 valence electrons. The number of carbonyl (C=O) groups is 1. The number of methoxy groups -OCH3 is 1. The minimum absolute atomic E-state index is 0.302. The van der Waals surface area contributed by atoms with Crippen LogP contribution in [-0.4, -0.2) is 24.7 Å². The van der Waals surface area contributed by atoms with E-state index < -0.39 is 5.97 Å². The fourth-order valence-electron chi connectivity index (χ4n) is 1.39. The average Bonchev–Trinajstić information content (AvgIpc) is 2.25. The first kappa shape index (κ1) is 13.0. The second kappa shape index (κ2) is 5.30. The van der Waals surface area contributed by atoms with Crippen molar-refractivity contribution >= 4 is 21.9 Å². The Morgan fingerprint density at radius 1 is 1.44 bits per heavy atom. The second-order valence-electron chi connectivity index (χ2n) is 3.24. The van der Waals surface area contributed by atoms with Crippen molar-refractivity contribution in [2.75, 3.05) is 13.7 Å². The van der Waals surface area contributed by atoms with Crippen LogP contribution in [0.4, 0.5) is 0 Å². The zero-order chi connectivity index (χ0) is 12.3. The standard InChI is InChI=1S/C11H14BrNO3/c1-5-16-11(14)8-6(2)9(12)7(3)13-10(8)15-4/h5H2,1-4H3. The number of hydrogen-bond acceptors (Lipinski definition) is 4. The SMILES string of the molecule is CCOC(=O)c1c(OC)nc(C)c(Br)c1C. The minimum Gasteiger partial charge on any atom is -0.480 e. The Morgan fingerprint density at radius 2 is 2.06 bits per heavy atom. The van der Waals surface area contributed by atoms with Crippen LogP contribution in [0.25, 0.3) is 0 Å². The third kappa shape index (κ3) is 2.35. The van der Waals surface area contributed by atoms with Crippen molar-refractivity contribution in [3.8, 4) is 5.88 Å². The number of pyridine rings is 1. The topological polar surface area (TPSA) is 48.4 Å². The second-order valence-corrected chi connectivity index (χ2v) is 4.03. The Bertz CT molecular complexity index is 418. The maximum Gasteiger partial charge on any atom is 0.343 e. The molecule has 1 aromatic heterocycles. The zero-order valence-electron chi connectivity index (χ0n) is 9.76. The van der Waals surface area contributed by atoms with Crippen molar-refractivity contribution in [1.82, 2.24) is 4.98 Å². The number of nitrogens with zero attached hydrogens (tertiary/aromatic N) is 1. The predicted octanol–water partition coefficient (Wildman–Crippen LogP) is 2.65. The summed E-state index contributed by atoms with van der Waals surface area (Å²) in [4.78, 5) is 15.9. The van der Waals surface area contributed by atoms with Gasteiger partial charge < -0.3 is 9.47 Å². The Morgan fingerprint density at radius 3 is 2.56 bits per heavy atom. The highest BCUT2D eigenvalue weighted by molar-refractivity contribution is 9.10. The summed E-state index contributed by atoms with van der Waals surface area (Å²) in [6.07, 6.45) is 0.